The summed E-state index contributed by atoms with van der Waals surface area (Å²) in [5.41, 5.74) is 1.11. The fourth-order valence-electron chi connectivity index (χ4n) is 2.13. The zero-order chi connectivity index (χ0) is 16.5. The molecule has 1 N–H and O–H groups in total. The van der Waals surface area contributed by atoms with Gasteiger partial charge in [0.15, 0.2) is 0 Å². The average molecular weight is 308 g/mol. The SMILES string of the molecule is COc1cccc(C(CNC(=O)CCOC(C)C)N(C)C)c1. The maximum absolute atomic E-state index is 11.9. The third-order valence-corrected chi connectivity index (χ3v) is 3.37. The van der Waals surface area contributed by atoms with Crippen molar-refractivity contribution < 1.29 is 14.3 Å². The quantitative estimate of drug-likeness (QED) is 0.760. The molecule has 1 aromatic rings. The molecule has 0 spiro atoms. The summed E-state index contributed by atoms with van der Waals surface area (Å²) >= 11 is 0. The first kappa shape index (κ1) is 18.5. The Balaban J connectivity index is 2.56. The molecule has 1 unspecified atom stereocenters. The van der Waals surface area contributed by atoms with Crippen LogP contribution in [-0.2, 0) is 9.53 Å². The lowest BCUT2D eigenvalue weighted by molar-refractivity contribution is -0.122. The maximum atomic E-state index is 11.9. The van der Waals surface area contributed by atoms with E-state index in [1.807, 2.05) is 52.2 Å². The molecule has 0 saturated heterocycles. The normalized spacial score (nSPS) is 12.5. The van der Waals surface area contributed by atoms with Gasteiger partial charge in [-0.3, -0.25) is 4.79 Å². The molecule has 1 aromatic carbocycles. The number of hydrogen-bond donors (Lipinski definition) is 1. The second kappa shape index (κ2) is 9.43. The van der Waals surface area contributed by atoms with E-state index in [2.05, 4.69) is 10.2 Å². The number of carbonyl (C=O) groups is 1. The van der Waals surface area contributed by atoms with Crippen LogP contribution in [0.5, 0.6) is 5.75 Å². The Bertz CT molecular complexity index is 461. The molecule has 5 heteroatoms. The predicted octanol–water partition coefficient (Wildman–Crippen LogP) is 2.23. The third kappa shape index (κ3) is 6.45. The van der Waals surface area contributed by atoms with Gasteiger partial charge in [-0.25, -0.2) is 0 Å². The van der Waals surface area contributed by atoms with Crippen molar-refractivity contribution in [2.24, 2.45) is 0 Å². The van der Waals surface area contributed by atoms with Crippen LogP contribution in [0.1, 0.15) is 31.9 Å². The molecule has 1 amide bonds. The van der Waals surface area contributed by atoms with Crippen molar-refractivity contribution >= 4 is 5.91 Å². The molecule has 0 saturated carbocycles. The number of benzene rings is 1. The number of nitrogens with zero attached hydrogens (tertiary/aromatic N) is 1. The molecule has 0 aromatic heterocycles. The van der Waals surface area contributed by atoms with Crippen molar-refractivity contribution in [2.75, 3.05) is 34.4 Å². The van der Waals surface area contributed by atoms with Gasteiger partial charge in [0.2, 0.25) is 5.91 Å². The number of nitrogens with one attached hydrogen (secondary N) is 1. The molecule has 1 rings (SSSR count). The molecule has 0 radical (unpaired) electrons. The summed E-state index contributed by atoms with van der Waals surface area (Å²) in [5, 5.41) is 2.97. The van der Waals surface area contributed by atoms with Crippen LogP contribution < -0.4 is 10.1 Å². The molecule has 0 bridgehead atoms. The monoisotopic (exact) mass is 308 g/mol. The molecule has 1 atom stereocenters. The number of amides is 1. The molecule has 22 heavy (non-hydrogen) atoms. The van der Waals surface area contributed by atoms with Crippen LogP contribution in [-0.4, -0.2) is 51.3 Å². The van der Waals surface area contributed by atoms with Gasteiger partial charge in [-0.2, -0.15) is 0 Å². The standard InChI is InChI=1S/C17H28N2O3/c1-13(2)22-10-9-17(20)18-12-16(19(3)4)14-7-6-8-15(11-14)21-5/h6-8,11,13,16H,9-10,12H2,1-5H3,(H,18,20). The highest BCUT2D eigenvalue weighted by Gasteiger charge is 2.16. The Morgan fingerprint density at radius 2 is 2.05 bits per heavy atom. The topological polar surface area (TPSA) is 50.8 Å². The van der Waals surface area contributed by atoms with Gasteiger partial charge in [-0.05, 0) is 45.6 Å². The minimum atomic E-state index is 0.00963. The van der Waals surface area contributed by atoms with Crippen molar-refractivity contribution in [1.29, 1.82) is 0 Å². The van der Waals surface area contributed by atoms with Gasteiger partial charge in [-0.1, -0.05) is 12.1 Å². The van der Waals surface area contributed by atoms with E-state index in [9.17, 15) is 4.79 Å². The summed E-state index contributed by atoms with van der Waals surface area (Å²) in [6, 6.07) is 8.02. The molecule has 0 fully saturated rings. The third-order valence-electron chi connectivity index (χ3n) is 3.37. The Morgan fingerprint density at radius 3 is 2.64 bits per heavy atom. The highest BCUT2D eigenvalue weighted by atomic mass is 16.5. The molecular formula is C17H28N2O3. The van der Waals surface area contributed by atoms with Crippen LogP contribution in [0.15, 0.2) is 24.3 Å². The minimum absolute atomic E-state index is 0.00963. The van der Waals surface area contributed by atoms with Gasteiger partial charge in [-0.15, -0.1) is 0 Å². The van der Waals surface area contributed by atoms with Gasteiger partial charge >= 0.3 is 0 Å². The minimum Gasteiger partial charge on any atom is -0.497 e. The molecule has 5 nitrogen and oxygen atoms in total. The second-order valence-electron chi connectivity index (χ2n) is 5.73. The van der Waals surface area contributed by atoms with Crippen molar-refractivity contribution in [2.45, 2.75) is 32.4 Å². The van der Waals surface area contributed by atoms with E-state index in [4.69, 9.17) is 9.47 Å². The van der Waals surface area contributed by atoms with E-state index in [0.717, 1.165) is 11.3 Å². The summed E-state index contributed by atoms with van der Waals surface area (Å²) in [7, 11) is 5.65. The zero-order valence-corrected chi connectivity index (χ0v) is 14.3. The second-order valence-corrected chi connectivity index (χ2v) is 5.73. The Labute approximate surface area is 133 Å². The van der Waals surface area contributed by atoms with Crippen molar-refractivity contribution in [1.82, 2.24) is 10.2 Å². The van der Waals surface area contributed by atoms with Crippen LogP contribution in [0.4, 0.5) is 0 Å². The van der Waals surface area contributed by atoms with E-state index in [0.29, 0.717) is 19.6 Å². The van der Waals surface area contributed by atoms with E-state index in [-0.39, 0.29) is 18.1 Å². The summed E-state index contributed by atoms with van der Waals surface area (Å²) in [6.45, 7) is 4.93. The summed E-state index contributed by atoms with van der Waals surface area (Å²) < 4.78 is 10.7. The van der Waals surface area contributed by atoms with Crippen molar-refractivity contribution in [3.63, 3.8) is 0 Å². The first-order valence-corrected chi connectivity index (χ1v) is 7.62. The van der Waals surface area contributed by atoms with Gasteiger partial charge < -0.3 is 19.7 Å². The molecular weight excluding hydrogens is 280 g/mol. The van der Waals surface area contributed by atoms with Crippen LogP contribution in [0.2, 0.25) is 0 Å². The smallest absolute Gasteiger partial charge is 0.222 e. The van der Waals surface area contributed by atoms with Crippen LogP contribution >= 0.6 is 0 Å². The first-order chi connectivity index (χ1) is 10.4. The molecule has 124 valence electrons. The van der Waals surface area contributed by atoms with E-state index in [1.54, 1.807) is 7.11 Å². The van der Waals surface area contributed by atoms with Gasteiger partial charge in [0, 0.05) is 13.0 Å². The van der Waals surface area contributed by atoms with Crippen molar-refractivity contribution in [3.05, 3.63) is 29.8 Å². The number of ether oxygens (including phenoxy) is 2. The lowest BCUT2D eigenvalue weighted by Gasteiger charge is -2.25. The first-order valence-electron chi connectivity index (χ1n) is 7.62. The zero-order valence-electron chi connectivity index (χ0n) is 14.3. The number of likely N-dealkylation sites (N-methyl/N-ethyl adjacent to an activating group) is 1. The van der Waals surface area contributed by atoms with Crippen LogP contribution in [0.3, 0.4) is 0 Å². The summed E-state index contributed by atoms with van der Waals surface area (Å²) in [5.74, 6) is 0.830. The largest absolute Gasteiger partial charge is 0.497 e. The lowest BCUT2D eigenvalue weighted by Crippen LogP contribution is -2.35. The Morgan fingerprint density at radius 1 is 1.32 bits per heavy atom. The predicted molar refractivity (Wildman–Crippen MR) is 88.1 cm³/mol. The number of carbonyl (C=O) groups excluding carboxylic acids is 1. The Kier molecular flexibility index (Phi) is 7.91. The van der Waals surface area contributed by atoms with E-state index < -0.39 is 0 Å². The molecule has 0 aliphatic rings. The summed E-state index contributed by atoms with van der Waals surface area (Å²) in [4.78, 5) is 14.0. The van der Waals surface area contributed by atoms with Gasteiger partial charge in [0.25, 0.3) is 0 Å². The Hall–Kier alpha value is -1.59. The van der Waals surface area contributed by atoms with Crippen LogP contribution in [0.25, 0.3) is 0 Å². The lowest BCUT2D eigenvalue weighted by atomic mass is 10.1. The van der Waals surface area contributed by atoms with Gasteiger partial charge in [0.05, 0.1) is 25.9 Å². The molecule has 0 aliphatic carbocycles. The van der Waals surface area contributed by atoms with Gasteiger partial charge in [0.1, 0.15) is 5.75 Å². The number of hydrogen-bond acceptors (Lipinski definition) is 4. The highest BCUT2D eigenvalue weighted by Crippen LogP contribution is 2.22. The maximum Gasteiger partial charge on any atom is 0.222 e. The fourth-order valence-corrected chi connectivity index (χ4v) is 2.13. The molecule has 0 aliphatic heterocycles. The van der Waals surface area contributed by atoms with E-state index in [1.165, 1.54) is 0 Å². The van der Waals surface area contributed by atoms with E-state index >= 15 is 0 Å². The fraction of sp³-hybridized carbons (Fsp3) is 0.588. The number of methoxy groups -OCH3 is 1. The average Bonchev–Trinajstić information content (AvgIpc) is 2.47. The van der Waals surface area contributed by atoms with Crippen molar-refractivity contribution in [3.8, 4) is 5.75 Å². The number of rotatable bonds is 9. The highest BCUT2D eigenvalue weighted by molar-refractivity contribution is 5.76. The summed E-state index contributed by atoms with van der Waals surface area (Å²) in [6.07, 6.45) is 0.537. The van der Waals surface area contributed by atoms with Crippen LogP contribution in [0, 0.1) is 0 Å². The molecule has 0 heterocycles.